The molecule has 0 aromatic rings. The Labute approximate surface area is 71.6 Å². The van der Waals surface area contributed by atoms with Gasteiger partial charge in [0, 0.05) is 0 Å². The van der Waals surface area contributed by atoms with Crippen molar-refractivity contribution in [3.8, 4) is 0 Å². The standard InChI is InChI=1S/C7H11NO2.ClH/c9-6(10)5-7(1-2-7)3-4-8-5;/h5,8H,1-4H2,(H,9,10);1H. The van der Waals surface area contributed by atoms with Gasteiger partial charge < -0.3 is 10.4 Å². The average molecular weight is 178 g/mol. The largest absolute Gasteiger partial charge is 0.480 e. The smallest absolute Gasteiger partial charge is 0.321 e. The molecule has 1 unspecified atom stereocenters. The molecule has 0 amide bonds. The van der Waals surface area contributed by atoms with Crippen molar-refractivity contribution in [3.05, 3.63) is 0 Å². The van der Waals surface area contributed by atoms with Gasteiger partial charge in [-0.25, -0.2) is 0 Å². The molecule has 1 heterocycles. The molecule has 1 aliphatic carbocycles. The van der Waals surface area contributed by atoms with E-state index in [4.69, 9.17) is 5.11 Å². The summed E-state index contributed by atoms with van der Waals surface area (Å²) in [6, 6.07) is -0.243. The second-order valence-electron chi connectivity index (χ2n) is 3.34. The number of aliphatic carboxylic acids is 1. The van der Waals surface area contributed by atoms with E-state index in [0.717, 1.165) is 25.8 Å². The van der Waals surface area contributed by atoms with Crippen molar-refractivity contribution in [2.24, 2.45) is 5.41 Å². The molecule has 1 spiro atoms. The predicted molar refractivity (Wildman–Crippen MR) is 43.0 cm³/mol. The van der Waals surface area contributed by atoms with Crippen LogP contribution in [0.5, 0.6) is 0 Å². The number of carboxylic acid groups (broad SMARTS) is 1. The summed E-state index contributed by atoms with van der Waals surface area (Å²) in [7, 11) is 0. The zero-order valence-electron chi connectivity index (χ0n) is 6.17. The number of hydrogen-bond acceptors (Lipinski definition) is 2. The van der Waals surface area contributed by atoms with Crippen molar-refractivity contribution >= 4 is 18.4 Å². The Morgan fingerprint density at radius 2 is 2.09 bits per heavy atom. The van der Waals surface area contributed by atoms with E-state index in [1.165, 1.54) is 0 Å². The third kappa shape index (κ3) is 1.23. The highest BCUT2D eigenvalue weighted by molar-refractivity contribution is 5.85. The third-order valence-corrected chi connectivity index (χ3v) is 2.72. The first-order valence-corrected chi connectivity index (χ1v) is 3.71. The first-order chi connectivity index (χ1) is 4.75. The van der Waals surface area contributed by atoms with Gasteiger partial charge in [0.15, 0.2) is 0 Å². The number of nitrogens with one attached hydrogen (secondary N) is 1. The van der Waals surface area contributed by atoms with Crippen LogP contribution < -0.4 is 5.32 Å². The van der Waals surface area contributed by atoms with Crippen LogP contribution in [0.1, 0.15) is 19.3 Å². The van der Waals surface area contributed by atoms with E-state index in [1.807, 2.05) is 0 Å². The van der Waals surface area contributed by atoms with E-state index >= 15 is 0 Å². The van der Waals surface area contributed by atoms with Crippen molar-refractivity contribution in [1.82, 2.24) is 5.32 Å². The molecule has 11 heavy (non-hydrogen) atoms. The quantitative estimate of drug-likeness (QED) is 0.618. The molecule has 1 saturated heterocycles. The lowest BCUT2D eigenvalue weighted by Gasteiger charge is -2.11. The number of halogens is 1. The lowest BCUT2D eigenvalue weighted by Crippen LogP contribution is -2.36. The highest BCUT2D eigenvalue weighted by Gasteiger charge is 2.55. The molecule has 1 saturated carbocycles. The number of rotatable bonds is 1. The van der Waals surface area contributed by atoms with Crippen LogP contribution in [0.4, 0.5) is 0 Å². The molecular formula is C7H12ClNO2. The molecule has 0 radical (unpaired) electrons. The van der Waals surface area contributed by atoms with Crippen LogP contribution >= 0.6 is 12.4 Å². The summed E-state index contributed by atoms with van der Waals surface area (Å²) in [6.07, 6.45) is 3.28. The minimum absolute atomic E-state index is 0. The van der Waals surface area contributed by atoms with Crippen molar-refractivity contribution < 1.29 is 9.90 Å². The van der Waals surface area contributed by atoms with Crippen LogP contribution in [0.25, 0.3) is 0 Å². The van der Waals surface area contributed by atoms with E-state index in [1.54, 1.807) is 0 Å². The van der Waals surface area contributed by atoms with Crippen LogP contribution in [-0.4, -0.2) is 23.7 Å². The minimum atomic E-state index is -0.671. The molecule has 2 N–H and O–H groups in total. The molecule has 3 nitrogen and oxygen atoms in total. The molecule has 2 fully saturated rings. The Hall–Kier alpha value is -0.280. The maximum absolute atomic E-state index is 10.6. The van der Waals surface area contributed by atoms with Crippen LogP contribution in [0.3, 0.4) is 0 Å². The normalized spacial score (nSPS) is 31.5. The van der Waals surface area contributed by atoms with E-state index in [-0.39, 0.29) is 23.9 Å². The van der Waals surface area contributed by atoms with Gasteiger partial charge in [0.05, 0.1) is 0 Å². The highest BCUT2D eigenvalue weighted by atomic mass is 35.5. The zero-order valence-corrected chi connectivity index (χ0v) is 6.99. The van der Waals surface area contributed by atoms with Crippen molar-refractivity contribution in [3.63, 3.8) is 0 Å². The molecule has 4 heteroatoms. The zero-order chi connectivity index (χ0) is 7.19. The molecule has 64 valence electrons. The fourth-order valence-electron chi connectivity index (χ4n) is 1.87. The fraction of sp³-hybridized carbons (Fsp3) is 0.857. The summed E-state index contributed by atoms with van der Waals surface area (Å²) < 4.78 is 0. The van der Waals surface area contributed by atoms with Gasteiger partial charge in [0.25, 0.3) is 0 Å². The topological polar surface area (TPSA) is 49.3 Å². The van der Waals surface area contributed by atoms with Gasteiger partial charge >= 0.3 is 5.97 Å². The number of carboxylic acids is 1. The lowest BCUT2D eigenvalue weighted by atomic mass is 9.98. The fourth-order valence-corrected chi connectivity index (χ4v) is 1.87. The van der Waals surface area contributed by atoms with Gasteiger partial charge in [0.1, 0.15) is 6.04 Å². The van der Waals surface area contributed by atoms with Crippen molar-refractivity contribution in [2.75, 3.05) is 6.54 Å². The molecule has 1 atom stereocenters. The van der Waals surface area contributed by atoms with Crippen LogP contribution in [-0.2, 0) is 4.79 Å². The number of hydrogen-bond donors (Lipinski definition) is 2. The first-order valence-electron chi connectivity index (χ1n) is 3.71. The second-order valence-corrected chi connectivity index (χ2v) is 3.34. The van der Waals surface area contributed by atoms with E-state index in [9.17, 15) is 4.79 Å². The maximum atomic E-state index is 10.6. The summed E-state index contributed by atoms with van der Waals surface area (Å²) in [5.74, 6) is -0.671. The van der Waals surface area contributed by atoms with Crippen LogP contribution in [0, 0.1) is 5.41 Å². The van der Waals surface area contributed by atoms with Gasteiger partial charge in [-0.2, -0.15) is 0 Å². The SMILES string of the molecule is Cl.O=C(O)C1NCCC12CC2. The Kier molecular flexibility index (Phi) is 2.12. The molecular weight excluding hydrogens is 166 g/mol. The Bertz CT molecular complexity index is 179. The lowest BCUT2D eigenvalue weighted by molar-refractivity contribution is -0.140. The molecule has 0 aromatic carbocycles. The third-order valence-electron chi connectivity index (χ3n) is 2.72. The van der Waals surface area contributed by atoms with Crippen LogP contribution in [0.2, 0.25) is 0 Å². The molecule has 1 aliphatic heterocycles. The molecule has 2 rings (SSSR count). The molecule has 2 aliphatic rings. The van der Waals surface area contributed by atoms with E-state index in [0.29, 0.717) is 0 Å². The second kappa shape index (κ2) is 2.64. The highest BCUT2D eigenvalue weighted by Crippen LogP contribution is 2.54. The van der Waals surface area contributed by atoms with Crippen molar-refractivity contribution in [2.45, 2.75) is 25.3 Å². The van der Waals surface area contributed by atoms with E-state index < -0.39 is 5.97 Å². The molecule has 0 aromatic heterocycles. The maximum Gasteiger partial charge on any atom is 0.321 e. The number of carbonyl (C=O) groups is 1. The Balaban J connectivity index is 0.000000605. The monoisotopic (exact) mass is 177 g/mol. The van der Waals surface area contributed by atoms with Crippen molar-refractivity contribution in [1.29, 1.82) is 0 Å². The summed E-state index contributed by atoms with van der Waals surface area (Å²) in [4.78, 5) is 10.6. The van der Waals surface area contributed by atoms with Crippen LogP contribution in [0.15, 0.2) is 0 Å². The van der Waals surface area contributed by atoms with E-state index in [2.05, 4.69) is 5.32 Å². The van der Waals surface area contributed by atoms with Gasteiger partial charge in [-0.3, -0.25) is 4.79 Å². The predicted octanol–water partition coefficient (Wildman–Crippen LogP) is 0.635. The van der Waals surface area contributed by atoms with Gasteiger partial charge in [-0.1, -0.05) is 0 Å². The Morgan fingerprint density at radius 3 is 2.45 bits per heavy atom. The Morgan fingerprint density at radius 1 is 1.45 bits per heavy atom. The van der Waals surface area contributed by atoms with Gasteiger partial charge in [-0.15, -0.1) is 12.4 Å². The minimum Gasteiger partial charge on any atom is -0.480 e. The first kappa shape index (κ1) is 8.81. The molecule has 0 bridgehead atoms. The van der Waals surface area contributed by atoms with Gasteiger partial charge in [0.2, 0.25) is 0 Å². The average Bonchev–Trinajstić information content (AvgIpc) is 2.42. The summed E-state index contributed by atoms with van der Waals surface area (Å²) in [5, 5.41) is 11.7. The summed E-state index contributed by atoms with van der Waals surface area (Å²) >= 11 is 0. The summed E-state index contributed by atoms with van der Waals surface area (Å²) in [5.41, 5.74) is 0.172. The summed E-state index contributed by atoms with van der Waals surface area (Å²) in [6.45, 7) is 0.886. The van der Waals surface area contributed by atoms with Gasteiger partial charge in [-0.05, 0) is 31.2 Å².